The van der Waals surface area contributed by atoms with Crippen molar-refractivity contribution in [2.75, 3.05) is 75.9 Å². The van der Waals surface area contributed by atoms with Gasteiger partial charge < -0.3 is 101 Å². The van der Waals surface area contributed by atoms with Crippen LogP contribution in [0, 0.1) is 0 Å². The first-order valence-electron chi connectivity index (χ1n) is 26.0. The van der Waals surface area contributed by atoms with E-state index in [0.29, 0.717) is 5.69 Å². The Kier molecular flexibility index (Phi) is 26.0. The molecule has 0 radical (unpaired) electrons. The Morgan fingerprint density at radius 1 is 0.435 bits per heavy atom. The highest BCUT2D eigenvalue weighted by Gasteiger charge is 2.29. The monoisotopic (exact) mass is 1180 g/mol. The molecule has 0 bridgehead atoms. The minimum atomic E-state index is -1.32. The number of nitrogens with two attached hydrogens (primary N) is 6. The number of carboxylic acid groups (broad SMARTS) is 1. The van der Waals surface area contributed by atoms with Gasteiger partial charge in [-0.05, 0) is 111 Å². The molecule has 0 aliphatic rings. The number of nitrogens with zero attached hydrogens (tertiary/aromatic N) is 3. The fourth-order valence-corrected chi connectivity index (χ4v) is 8.02. The van der Waals surface area contributed by atoms with Crippen LogP contribution in [0.5, 0.6) is 23.0 Å². The summed E-state index contributed by atoms with van der Waals surface area (Å²) < 4.78 is 21.6. The number of carbonyl (C=O) groups is 9. The molecule has 8 amide bonds. The number of hydrogen-bond acceptors (Lipinski definition) is 16. The normalized spacial score (nSPS) is 11.5. The fraction of sp³-hybridized carbons (Fsp3) is 0.333. The first kappa shape index (κ1) is 66.6. The van der Waals surface area contributed by atoms with Gasteiger partial charge in [-0.15, -0.1) is 0 Å². The molecule has 0 fully saturated rings. The van der Waals surface area contributed by atoms with Crippen LogP contribution < -0.4 is 95.9 Å². The summed E-state index contributed by atoms with van der Waals surface area (Å²) >= 11 is 0. The maximum Gasteiger partial charge on any atom is 0.322 e. The molecule has 0 saturated carbocycles. The summed E-state index contributed by atoms with van der Waals surface area (Å²) in [5.41, 5.74) is 33.2. The Morgan fingerprint density at radius 2 is 0.706 bits per heavy atom. The van der Waals surface area contributed by atoms with E-state index in [1.807, 2.05) is 0 Å². The van der Waals surface area contributed by atoms with Crippen LogP contribution in [0.15, 0.2) is 87.8 Å². The molecule has 4 aromatic carbocycles. The minimum Gasteiger partial charge on any atom is -0.496 e. The van der Waals surface area contributed by atoms with Gasteiger partial charge in [0, 0.05) is 49.3 Å². The van der Waals surface area contributed by atoms with E-state index in [9.17, 15) is 43.2 Å². The van der Waals surface area contributed by atoms with Gasteiger partial charge in [0.05, 0.1) is 50.7 Å². The lowest BCUT2D eigenvalue weighted by molar-refractivity contribution is -0.135. The molecule has 0 aromatic heterocycles. The van der Waals surface area contributed by atoms with E-state index < -0.39 is 72.0 Å². The Morgan fingerprint density at radius 3 is 0.953 bits per heavy atom. The number of hydrogen-bond donors (Lipinski definition) is 15. The minimum absolute atomic E-state index is 0.00338. The number of rotatable bonds is 32. The highest BCUT2D eigenvalue weighted by molar-refractivity contribution is 6.08. The molecule has 3 atom stereocenters. The first-order valence-corrected chi connectivity index (χ1v) is 26.0. The molecular weight excluding hydrogens is 1110 g/mol. The fourth-order valence-electron chi connectivity index (χ4n) is 8.02. The second-order valence-electron chi connectivity index (χ2n) is 18.3. The zero-order valence-corrected chi connectivity index (χ0v) is 47.3. The summed E-state index contributed by atoms with van der Waals surface area (Å²) in [6, 6.07) is 12.8. The van der Waals surface area contributed by atoms with Crippen molar-refractivity contribution >= 4 is 93.9 Å². The summed E-state index contributed by atoms with van der Waals surface area (Å²) in [5.74, 6) is -7.46. The molecule has 3 unspecified atom stereocenters. The van der Waals surface area contributed by atoms with Crippen molar-refractivity contribution in [1.82, 2.24) is 21.3 Å². The number of benzene rings is 4. The van der Waals surface area contributed by atoms with Crippen LogP contribution in [0.4, 0.5) is 22.7 Å². The molecule has 85 heavy (non-hydrogen) atoms. The van der Waals surface area contributed by atoms with E-state index in [4.69, 9.17) is 58.5 Å². The summed E-state index contributed by atoms with van der Waals surface area (Å²) in [6.45, 7) is 0.840. The van der Waals surface area contributed by atoms with Gasteiger partial charge in [-0.25, -0.2) is 0 Å². The maximum absolute atomic E-state index is 14.3. The number of ether oxygens (including phenoxy) is 4. The topological polar surface area (TPSA) is 500 Å². The van der Waals surface area contributed by atoms with Crippen LogP contribution in [-0.2, 0) is 24.0 Å². The molecule has 0 aliphatic heterocycles. The smallest absolute Gasteiger partial charge is 0.322 e. The third-order valence-electron chi connectivity index (χ3n) is 12.0. The van der Waals surface area contributed by atoms with Gasteiger partial charge in [0.1, 0.15) is 47.7 Å². The molecule has 0 aliphatic carbocycles. The molecule has 0 spiro atoms. The van der Waals surface area contributed by atoms with Crippen molar-refractivity contribution in [3.63, 3.8) is 0 Å². The Hall–Kier alpha value is -10.9. The molecule has 4 aromatic rings. The summed E-state index contributed by atoms with van der Waals surface area (Å²) in [6.07, 6.45) is 0.545. The Labute approximate surface area is 487 Å². The van der Waals surface area contributed by atoms with Crippen LogP contribution in [0.1, 0.15) is 86.9 Å². The number of methoxy groups -OCH3 is 4. The Balaban J connectivity index is 1.62. The van der Waals surface area contributed by atoms with Crippen LogP contribution in [0.3, 0.4) is 0 Å². The van der Waals surface area contributed by atoms with Crippen LogP contribution >= 0.6 is 0 Å². The predicted octanol–water partition coefficient (Wildman–Crippen LogP) is -0.134. The number of aliphatic carboxylic acids is 1. The van der Waals surface area contributed by atoms with Gasteiger partial charge in [-0.3, -0.25) is 58.1 Å². The number of carbonyl (C=O) groups excluding carboxylic acids is 8. The molecule has 456 valence electrons. The van der Waals surface area contributed by atoms with E-state index in [0.717, 1.165) is 0 Å². The van der Waals surface area contributed by atoms with Gasteiger partial charge >= 0.3 is 5.97 Å². The highest BCUT2D eigenvalue weighted by Crippen LogP contribution is 2.28. The van der Waals surface area contributed by atoms with Crippen molar-refractivity contribution < 1.29 is 67.2 Å². The first-order chi connectivity index (χ1) is 40.5. The highest BCUT2D eigenvalue weighted by atomic mass is 16.5. The molecule has 4 rings (SSSR count). The lowest BCUT2D eigenvalue weighted by atomic mass is 10.1. The number of anilines is 4. The number of aliphatic imine (C=N–C) groups is 3. The molecule has 21 N–H and O–H groups in total. The van der Waals surface area contributed by atoms with Crippen molar-refractivity contribution in [3.05, 3.63) is 95.1 Å². The zero-order valence-electron chi connectivity index (χ0n) is 47.3. The summed E-state index contributed by atoms with van der Waals surface area (Å²) in [4.78, 5) is 132. The van der Waals surface area contributed by atoms with E-state index in [2.05, 4.69) is 57.5 Å². The Bertz CT molecular complexity index is 3180. The van der Waals surface area contributed by atoms with Crippen LogP contribution in [0.25, 0.3) is 0 Å². The van der Waals surface area contributed by atoms with E-state index in [1.165, 1.54) is 108 Å². The van der Waals surface area contributed by atoms with Crippen molar-refractivity contribution in [3.8, 4) is 23.0 Å². The van der Waals surface area contributed by atoms with Gasteiger partial charge in [-0.2, -0.15) is 0 Å². The lowest BCUT2D eigenvalue weighted by Gasteiger charge is -2.21. The molecule has 31 heteroatoms. The quantitative estimate of drug-likeness (QED) is 0.0172. The molecular formula is C54H71N17O14. The molecule has 0 saturated heterocycles. The van der Waals surface area contributed by atoms with Crippen LogP contribution in [0.2, 0.25) is 0 Å². The van der Waals surface area contributed by atoms with Gasteiger partial charge in [0.15, 0.2) is 17.9 Å². The van der Waals surface area contributed by atoms with Crippen molar-refractivity contribution in [2.45, 2.75) is 63.6 Å². The molecule has 0 heterocycles. The summed E-state index contributed by atoms with van der Waals surface area (Å²) in [5, 5.41) is 30.0. The average molecular weight is 1180 g/mol. The zero-order chi connectivity index (χ0) is 62.8. The van der Waals surface area contributed by atoms with Gasteiger partial charge in [0.25, 0.3) is 23.6 Å². The number of guanidine groups is 3. The second-order valence-corrected chi connectivity index (χ2v) is 18.3. The third kappa shape index (κ3) is 21.5. The maximum atomic E-state index is 14.3. The standard InChI is InChI=1S/C54H71N17O14/c1-28(72)65-29-12-16-41(83-3)34(23-29)46(76)69-38(10-7-21-62-53(57)58)50(80)67-31-14-18-43(85-5)36(25-31)48(78)71-39(11-8-22-63-54(59)60)51(81)68-32-15-19-42(84-4)35(26-32)47(77)70-37(9-6-20-61-52(55)56)49(79)66-30-13-17-40(82-2)33(24-30)45(75)64-27-44(73)74/h12-19,23-26,37-39H,6-11,20-22,27H2,1-5H3,(H,64,75)(H,65,72)(H,66,79)(H,67,80)(H,68,81)(H,69,76)(H,70,77)(H,71,78)(H,73,74)(H4,55,56,61)(H4,57,58,62)(H4,59,60,63). The number of carboxylic acids is 1. The largest absolute Gasteiger partial charge is 0.496 e. The second kappa shape index (κ2) is 33.1. The third-order valence-corrected chi connectivity index (χ3v) is 12.0. The van der Waals surface area contributed by atoms with Gasteiger partial charge in [0.2, 0.25) is 23.6 Å². The average Bonchev–Trinajstić information content (AvgIpc) is 3.67. The van der Waals surface area contributed by atoms with Crippen molar-refractivity contribution in [1.29, 1.82) is 0 Å². The number of amides is 8. The van der Waals surface area contributed by atoms with E-state index in [1.54, 1.807) is 0 Å². The molecule has 31 nitrogen and oxygen atoms in total. The van der Waals surface area contributed by atoms with Crippen LogP contribution in [-0.4, -0.2) is 149 Å². The predicted molar refractivity (Wildman–Crippen MR) is 316 cm³/mol. The van der Waals surface area contributed by atoms with Gasteiger partial charge in [-0.1, -0.05) is 0 Å². The number of nitrogens with one attached hydrogen (secondary N) is 8. The van der Waals surface area contributed by atoms with E-state index in [-0.39, 0.29) is 144 Å². The SMILES string of the molecule is COc1ccc(NC(=O)C(CCCN=C(N)N)NC(=O)c2cc(NC(=O)C(CCCN=C(N)N)NC(=O)c3cc(NC(=O)C(CCCN=C(N)N)NC(=O)c4cc(NC(C)=O)ccc4OC)ccc3OC)ccc2OC)cc1C(=O)NCC(=O)O. The van der Waals surface area contributed by atoms with E-state index >= 15 is 0 Å². The van der Waals surface area contributed by atoms with Crippen molar-refractivity contribution in [2.24, 2.45) is 49.4 Å². The summed E-state index contributed by atoms with van der Waals surface area (Å²) in [7, 11) is 5.23. The lowest BCUT2D eigenvalue weighted by Crippen LogP contribution is -2.44.